The van der Waals surface area contributed by atoms with E-state index in [1.165, 1.54) is 0 Å². The van der Waals surface area contributed by atoms with Gasteiger partial charge in [-0.1, -0.05) is 12.1 Å². The molecule has 1 unspecified atom stereocenters. The summed E-state index contributed by atoms with van der Waals surface area (Å²) in [6, 6.07) is 5.55. The molecular weight excluding hydrogens is 336 g/mol. The van der Waals surface area contributed by atoms with Crippen molar-refractivity contribution in [2.45, 2.75) is 45.9 Å². The second-order valence-corrected chi connectivity index (χ2v) is 6.77. The lowest BCUT2D eigenvalue weighted by Crippen LogP contribution is -2.41. The number of carbonyl (C=O) groups is 1. The van der Waals surface area contributed by atoms with Gasteiger partial charge in [-0.3, -0.25) is 0 Å². The van der Waals surface area contributed by atoms with Crippen molar-refractivity contribution >= 4 is 22.0 Å². The van der Waals surface area contributed by atoms with E-state index in [0.717, 1.165) is 5.56 Å². The third-order valence-corrected chi connectivity index (χ3v) is 3.30. The molecule has 1 aromatic rings. The first-order valence-electron chi connectivity index (χ1n) is 6.85. The van der Waals surface area contributed by atoms with Crippen LogP contribution >= 0.6 is 15.9 Å². The fourth-order valence-electron chi connectivity index (χ4n) is 1.61. The fraction of sp³-hybridized carbons (Fsp3) is 0.533. The third kappa shape index (κ3) is 6.82. The molecule has 0 bridgehead atoms. The molecule has 0 heterocycles. The number of hydrogen-bond donors (Lipinski definition) is 3. The number of phenols is 1. The van der Waals surface area contributed by atoms with Gasteiger partial charge in [0.15, 0.2) is 0 Å². The van der Waals surface area contributed by atoms with E-state index in [2.05, 4.69) is 26.6 Å². The summed E-state index contributed by atoms with van der Waals surface area (Å²) < 4.78 is 5.83. The van der Waals surface area contributed by atoms with Crippen LogP contribution in [-0.4, -0.2) is 29.4 Å². The molecule has 0 radical (unpaired) electrons. The number of hydrogen-bond acceptors (Lipinski definition) is 4. The molecule has 1 aromatic carbocycles. The highest BCUT2D eigenvalue weighted by atomic mass is 79.9. The van der Waals surface area contributed by atoms with Crippen LogP contribution in [0.4, 0.5) is 4.79 Å². The van der Waals surface area contributed by atoms with Gasteiger partial charge >= 0.3 is 6.09 Å². The minimum Gasteiger partial charge on any atom is -0.506 e. The van der Waals surface area contributed by atoms with Gasteiger partial charge in [0.25, 0.3) is 0 Å². The number of nitrogens with one attached hydrogen (secondary N) is 2. The summed E-state index contributed by atoms with van der Waals surface area (Å²) in [5, 5.41) is 15.8. The lowest BCUT2D eigenvalue weighted by atomic mass is 10.2. The first-order valence-corrected chi connectivity index (χ1v) is 7.65. The molecule has 1 rings (SSSR count). The van der Waals surface area contributed by atoms with Crippen LogP contribution in [0.1, 0.15) is 33.3 Å². The third-order valence-electron chi connectivity index (χ3n) is 2.66. The molecule has 0 saturated heterocycles. The smallest absolute Gasteiger partial charge is 0.407 e. The Morgan fingerprint density at radius 2 is 2.10 bits per heavy atom. The van der Waals surface area contributed by atoms with Gasteiger partial charge in [-0.25, -0.2) is 4.79 Å². The Balaban J connectivity index is 2.36. The first-order chi connectivity index (χ1) is 9.69. The molecule has 0 aromatic heterocycles. The number of para-hydroxylation sites is 1. The van der Waals surface area contributed by atoms with Gasteiger partial charge in [-0.05, 0) is 49.7 Å². The van der Waals surface area contributed by atoms with Crippen molar-refractivity contribution in [2.24, 2.45) is 0 Å². The number of alkyl carbamates (subject to hydrolysis) is 1. The van der Waals surface area contributed by atoms with Gasteiger partial charge in [0.05, 0.1) is 4.47 Å². The van der Waals surface area contributed by atoms with Crippen LogP contribution in [0.5, 0.6) is 5.75 Å². The molecule has 21 heavy (non-hydrogen) atoms. The predicted octanol–water partition coefficient (Wildman–Crippen LogP) is 3.16. The van der Waals surface area contributed by atoms with E-state index in [1.807, 2.05) is 39.8 Å². The minimum absolute atomic E-state index is 0.0518. The van der Waals surface area contributed by atoms with Gasteiger partial charge < -0.3 is 20.5 Å². The molecule has 1 amide bonds. The Kier molecular flexibility index (Phi) is 6.48. The Bertz CT molecular complexity index is 486. The second kappa shape index (κ2) is 7.66. The van der Waals surface area contributed by atoms with E-state index < -0.39 is 11.7 Å². The Morgan fingerprint density at radius 3 is 2.71 bits per heavy atom. The van der Waals surface area contributed by atoms with Crippen LogP contribution in [-0.2, 0) is 11.3 Å². The van der Waals surface area contributed by atoms with Crippen LogP contribution in [0.3, 0.4) is 0 Å². The van der Waals surface area contributed by atoms with Crippen molar-refractivity contribution in [3.8, 4) is 5.75 Å². The summed E-state index contributed by atoms with van der Waals surface area (Å²) in [5.74, 6) is 0.234. The van der Waals surface area contributed by atoms with Crippen molar-refractivity contribution < 1.29 is 14.6 Å². The lowest BCUT2D eigenvalue weighted by Gasteiger charge is -2.21. The summed E-state index contributed by atoms with van der Waals surface area (Å²) >= 11 is 3.28. The van der Waals surface area contributed by atoms with E-state index in [1.54, 1.807) is 6.07 Å². The number of aromatic hydroxyl groups is 1. The topological polar surface area (TPSA) is 70.6 Å². The summed E-state index contributed by atoms with van der Waals surface area (Å²) in [6.07, 6.45) is -0.429. The average molecular weight is 359 g/mol. The zero-order valence-electron chi connectivity index (χ0n) is 12.9. The normalized spacial score (nSPS) is 12.8. The summed E-state index contributed by atoms with van der Waals surface area (Å²) in [5.41, 5.74) is 0.302. The second-order valence-electron chi connectivity index (χ2n) is 5.91. The Labute approximate surface area is 134 Å². The van der Waals surface area contributed by atoms with Crippen molar-refractivity contribution in [2.75, 3.05) is 6.54 Å². The summed E-state index contributed by atoms with van der Waals surface area (Å²) in [6.45, 7) is 8.39. The van der Waals surface area contributed by atoms with E-state index >= 15 is 0 Å². The highest BCUT2D eigenvalue weighted by Gasteiger charge is 2.16. The first kappa shape index (κ1) is 17.8. The number of ether oxygens (including phenoxy) is 1. The zero-order chi connectivity index (χ0) is 16.0. The van der Waals surface area contributed by atoms with Gasteiger partial charge in [-0.2, -0.15) is 0 Å². The number of phenolic OH excluding ortho intramolecular Hbond substituents is 1. The van der Waals surface area contributed by atoms with Crippen molar-refractivity contribution in [1.82, 2.24) is 10.6 Å². The summed E-state index contributed by atoms with van der Waals surface area (Å²) in [4.78, 5) is 11.5. The Morgan fingerprint density at radius 1 is 1.43 bits per heavy atom. The Hall–Kier alpha value is -1.27. The van der Waals surface area contributed by atoms with Crippen LogP contribution in [0, 0.1) is 0 Å². The standard InChI is InChI=1S/C15H23BrN2O3/c1-10(8-18-14(20)21-15(2,3)4)17-9-11-6-5-7-12(16)13(11)19/h5-7,10,17,19H,8-9H2,1-4H3,(H,18,20). The molecule has 0 aliphatic rings. The molecule has 1 atom stereocenters. The molecule has 5 nitrogen and oxygen atoms in total. The van der Waals surface area contributed by atoms with E-state index in [9.17, 15) is 9.90 Å². The quantitative estimate of drug-likeness (QED) is 0.755. The van der Waals surface area contributed by atoms with Gasteiger partial charge in [0, 0.05) is 24.7 Å². The van der Waals surface area contributed by atoms with Crippen molar-refractivity contribution in [3.05, 3.63) is 28.2 Å². The largest absolute Gasteiger partial charge is 0.506 e. The molecule has 0 spiro atoms. The molecule has 0 aliphatic carbocycles. The molecule has 118 valence electrons. The van der Waals surface area contributed by atoms with Crippen LogP contribution in [0.25, 0.3) is 0 Å². The van der Waals surface area contributed by atoms with E-state index in [-0.39, 0.29) is 11.8 Å². The highest BCUT2D eigenvalue weighted by Crippen LogP contribution is 2.27. The number of rotatable bonds is 5. The maximum atomic E-state index is 11.5. The monoisotopic (exact) mass is 358 g/mol. The number of benzene rings is 1. The zero-order valence-corrected chi connectivity index (χ0v) is 14.5. The molecule has 0 fully saturated rings. The van der Waals surface area contributed by atoms with Crippen LogP contribution < -0.4 is 10.6 Å². The number of carbonyl (C=O) groups excluding carboxylic acids is 1. The maximum Gasteiger partial charge on any atom is 0.407 e. The van der Waals surface area contributed by atoms with Crippen LogP contribution in [0.15, 0.2) is 22.7 Å². The molecule has 3 N–H and O–H groups in total. The predicted molar refractivity (Wildman–Crippen MR) is 86.3 cm³/mol. The molecule has 6 heteroatoms. The SMILES string of the molecule is CC(CNC(=O)OC(C)(C)C)NCc1cccc(Br)c1O. The van der Waals surface area contributed by atoms with Gasteiger partial charge in [0.1, 0.15) is 11.4 Å². The van der Waals surface area contributed by atoms with E-state index in [4.69, 9.17) is 4.74 Å². The van der Waals surface area contributed by atoms with Gasteiger partial charge in [0.2, 0.25) is 0 Å². The van der Waals surface area contributed by atoms with Crippen molar-refractivity contribution in [1.29, 1.82) is 0 Å². The van der Waals surface area contributed by atoms with Crippen molar-refractivity contribution in [3.63, 3.8) is 0 Å². The number of halogens is 1. The average Bonchev–Trinajstić information content (AvgIpc) is 2.36. The lowest BCUT2D eigenvalue weighted by molar-refractivity contribution is 0.0523. The van der Waals surface area contributed by atoms with Crippen LogP contribution in [0.2, 0.25) is 0 Å². The number of amides is 1. The fourth-order valence-corrected chi connectivity index (χ4v) is 2.02. The molecule has 0 saturated carbocycles. The van der Waals surface area contributed by atoms with E-state index in [0.29, 0.717) is 17.6 Å². The summed E-state index contributed by atoms with van der Waals surface area (Å²) in [7, 11) is 0. The maximum absolute atomic E-state index is 11.5. The highest BCUT2D eigenvalue weighted by molar-refractivity contribution is 9.10. The minimum atomic E-state index is -0.497. The molecule has 0 aliphatic heterocycles. The molecular formula is C15H23BrN2O3. The van der Waals surface area contributed by atoms with Gasteiger partial charge in [-0.15, -0.1) is 0 Å².